The van der Waals surface area contributed by atoms with E-state index < -0.39 is 0 Å². The van der Waals surface area contributed by atoms with Gasteiger partial charge in [0.05, 0.1) is 17.4 Å². The van der Waals surface area contributed by atoms with E-state index in [2.05, 4.69) is 10.6 Å². The Bertz CT molecular complexity index is 662. The number of furan rings is 1. The molecule has 1 aromatic heterocycles. The van der Waals surface area contributed by atoms with E-state index in [0.717, 1.165) is 22.8 Å². The molecule has 0 aliphatic heterocycles. The summed E-state index contributed by atoms with van der Waals surface area (Å²) in [4.78, 5) is 11.7. The molecule has 1 amide bonds. The van der Waals surface area contributed by atoms with Gasteiger partial charge in [0.15, 0.2) is 0 Å². The molecule has 1 aromatic carbocycles. The molecular formula is C16H21N3O2. The zero-order valence-electron chi connectivity index (χ0n) is 12.8. The van der Waals surface area contributed by atoms with Gasteiger partial charge in [-0.1, -0.05) is 0 Å². The van der Waals surface area contributed by atoms with Crippen LogP contribution in [-0.2, 0) is 0 Å². The minimum Gasteiger partial charge on any atom is -0.466 e. The van der Waals surface area contributed by atoms with E-state index >= 15 is 0 Å². The molecule has 1 atom stereocenters. The minimum absolute atomic E-state index is 0.0321. The van der Waals surface area contributed by atoms with Gasteiger partial charge < -0.3 is 20.8 Å². The summed E-state index contributed by atoms with van der Waals surface area (Å²) in [7, 11) is 1.60. The molecule has 2 rings (SSSR count). The molecule has 0 bridgehead atoms. The molecule has 0 fully saturated rings. The standard InChI is InChI=1S/C16H21N3O2/c1-9-7-13(11(3)21-9)10(2)19-15-8-12(16(20)18-4)5-6-14(15)17/h5-8,10,19H,17H2,1-4H3,(H,18,20). The number of benzene rings is 1. The van der Waals surface area contributed by atoms with Crippen molar-refractivity contribution in [1.82, 2.24) is 5.32 Å². The summed E-state index contributed by atoms with van der Waals surface area (Å²) in [5, 5.41) is 5.94. The Balaban J connectivity index is 2.26. The third-order valence-corrected chi connectivity index (χ3v) is 3.46. The Morgan fingerprint density at radius 1 is 1.29 bits per heavy atom. The van der Waals surface area contributed by atoms with E-state index in [1.807, 2.05) is 26.8 Å². The van der Waals surface area contributed by atoms with Gasteiger partial charge >= 0.3 is 0 Å². The van der Waals surface area contributed by atoms with Crippen LogP contribution in [0.1, 0.15) is 40.4 Å². The van der Waals surface area contributed by atoms with Crippen molar-refractivity contribution in [3.63, 3.8) is 0 Å². The fourth-order valence-electron chi connectivity index (χ4n) is 2.36. The van der Waals surface area contributed by atoms with Crippen LogP contribution in [0.25, 0.3) is 0 Å². The molecule has 21 heavy (non-hydrogen) atoms. The third kappa shape index (κ3) is 3.18. The van der Waals surface area contributed by atoms with Crippen LogP contribution in [0.2, 0.25) is 0 Å². The molecule has 0 aliphatic rings. The fourth-order valence-corrected chi connectivity index (χ4v) is 2.36. The van der Waals surface area contributed by atoms with Crippen molar-refractivity contribution in [3.05, 3.63) is 46.9 Å². The molecule has 0 radical (unpaired) electrons. The summed E-state index contributed by atoms with van der Waals surface area (Å²) in [6.07, 6.45) is 0. The molecule has 0 spiro atoms. The third-order valence-electron chi connectivity index (χ3n) is 3.46. The van der Waals surface area contributed by atoms with Crippen molar-refractivity contribution in [2.45, 2.75) is 26.8 Å². The topological polar surface area (TPSA) is 80.3 Å². The van der Waals surface area contributed by atoms with Crippen molar-refractivity contribution in [1.29, 1.82) is 0 Å². The van der Waals surface area contributed by atoms with Gasteiger partial charge in [0.2, 0.25) is 0 Å². The highest BCUT2D eigenvalue weighted by atomic mass is 16.3. The number of nitrogens with two attached hydrogens (primary N) is 1. The van der Waals surface area contributed by atoms with Crippen LogP contribution >= 0.6 is 0 Å². The van der Waals surface area contributed by atoms with Crippen LogP contribution in [0.15, 0.2) is 28.7 Å². The minimum atomic E-state index is -0.138. The zero-order chi connectivity index (χ0) is 15.6. The number of rotatable bonds is 4. The maximum absolute atomic E-state index is 11.7. The normalized spacial score (nSPS) is 12.0. The van der Waals surface area contributed by atoms with E-state index in [0.29, 0.717) is 11.3 Å². The quantitative estimate of drug-likeness (QED) is 0.755. The number of carbonyl (C=O) groups excluding carboxylic acids is 1. The van der Waals surface area contributed by atoms with Gasteiger partial charge in [0.25, 0.3) is 5.91 Å². The van der Waals surface area contributed by atoms with Crippen LogP contribution in [0, 0.1) is 13.8 Å². The number of aryl methyl sites for hydroxylation is 2. The molecule has 4 N–H and O–H groups in total. The summed E-state index contributed by atoms with van der Waals surface area (Å²) < 4.78 is 5.55. The van der Waals surface area contributed by atoms with Crippen LogP contribution in [0.4, 0.5) is 11.4 Å². The SMILES string of the molecule is CNC(=O)c1ccc(N)c(NC(C)c2cc(C)oc2C)c1. The van der Waals surface area contributed by atoms with Crippen molar-refractivity contribution < 1.29 is 9.21 Å². The lowest BCUT2D eigenvalue weighted by Gasteiger charge is -2.17. The van der Waals surface area contributed by atoms with Crippen molar-refractivity contribution >= 4 is 17.3 Å². The van der Waals surface area contributed by atoms with Gasteiger partial charge in [-0.25, -0.2) is 0 Å². The highest BCUT2D eigenvalue weighted by molar-refractivity contribution is 5.96. The Labute approximate surface area is 124 Å². The van der Waals surface area contributed by atoms with Crippen molar-refractivity contribution in [2.24, 2.45) is 0 Å². The van der Waals surface area contributed by atoms with E-state index in [9.17, 15) is 4.79 Å². The molecule has 112 valence electrons. The summed E-state index contributed by atoms with van der Waals surface area (Å²) >= 11 is 0. The molecule has 0 saturated heterocycles. The largest absolute Gasteiger partial charge is 0.466 e. The van der Waals surface area contributed by atoms with Crippen LogP contribution in [0.3, 0.4) is 0 Å². The molecule has 0 saturated carbocycles. The number of anilines is 2. The first-order valence-corrected chi connectivity index (χ1v) is 6.87. The number of amides is 1. The highest BCUT2D eigenvalue weighted by Crippen LogP contribution is 2.28. The zero-order valence-corrected chi connectivity index (χ0v) is 12.8. The summed E-state index contributed by atoms with van der Waals surface area (Å²) in [6.45, 7) is 5.89. The second-order valence-electron chi connectivity index (χ2n) is 5.12. The predicted octanol–water partition coefficient (Wildman–Crippen LogP) is 3.01. The molecule has 2 aromatic rings. The molecule has 1 unspecified atom stereocenters. The number of hydrogen-bond donors (Lipinski definition) is 3. The van der Waals surface area contributed by atoms with Gasteiger partial charge in [0.1, 0.15) is 11.5 Å². The molecular weight excluding hydrogens is 266 g/mol. The number of nitrogen functional groups attached to an aromatic ring is 1. The first-order chi connectivity index (χ1) is 9.92. The maximum Gasteiger partial charge on any atom is 0.251 e. The molecule has 1 heterocycles. The van der Waals surface area contributed by atoms with E-state index in [-0.39, 0.29) is 11.9 Å². The summed E-state index contributed by atoms with van der Waals surface area (Å²) in [5.41, 5.74) is 8.98. The van der Waals surface area contributed by atoms with Gasteiger partial charge in [-0.05, 0) is 45.0 Å². The van der Waals surface area contributed by atoms with Crippen LogP contribution in [-0.4, -0.2) is 13.0 Å². The number of hydrogen-bond acceptors (Lipinski definition) is 4. The average Bonchev–Trinajstić information content (AvgIpc) is 2.79. The lowest BCUT2D eigenvalue weighted by atomic mass is 10.1. The van der Waals surface area contributed by atoms with Gasteiger partial charge in [-0.3, -0.25) is 4.79 Å². The first kappa shape index (κ1) is 15.0. The Kier molecular flexibility index (Phi) is 4.21. The summed E-state index contributed by atoms with van der Waals surface area (Å²) in [6, 6.07) is 7.23. The predicted molar refractivity (Wildman–Crippen MR) is 84.5 cm³/mol. The van der Waals surface area contributed by atoms with Crippen LogP contribution < -0.4 is 16.4 Å². The average molecular weight is 287 g/mol. The second-order valence-corrected chi connectivity index (χ2v) is 5.12. The van der Waals surface area contributed by atoms with Gasteiger partial charge in [-0.15, -0.1) is 0 Å². The lowest BCUT2D eigenvalue weighted by Crippen LogP contribution is -2.18. The van der Waals surface area contributed by atoms with E-state index in [1.54, 1.807) is 25.2 Å². The molecule has 5 heteroatoms. The van der Waals surface area contributed by atoms with Gasteiger partial charge in [0, 0.05) is 18.2 Å². The van der Waals surface area contributed by atoms with Crippen molar-refractivity contribution in [2.75, 3.05) is 18.1 Å². The second kappa shape index (κ2) is 5.91. The molecule has 0 aliphatic carbocycles. The van der Waals surface area contributed by atoms with E-state index in [1.165, 1.54) is 0 Å². The maximum atomic E-state index is 11.7. The van der Waals surface area contributed by atoms with Crippen LogP contribution in [0.5, 0.6) is 0 Å². The Hall–Kier alpha value is -2.43. The molecule has 5 nitrogen and oxygen atoms in total. The fraction of sp³-hybridized carbons (Fsp3) is 0.312. The monoisotopic (exact) mass is 287 g/mol. The first-order valence-electron chi connectivity index (χ1n) is 6.87. The lowest BCUT2D eigenvalue weighted by molar-refractivity contribution is 0.0963. The van der Waals surface area contributed by atoms with Gasteiger partial charge in [-0.2, -0.15) is 0 Å². The van der Waals surface area contributed by atoms with E-state index in [4.69, 9.17) is 10.2 Å². The number of nitrogens with one attached hydrogen (secondary N) is 2. The Morgan fingerprint density at radius 3 is 2.57 bits per heavy atom. The summed E-state index contributed by atoms with van der Waals surface area (Å²) in [5.74, 6) is 1.62. The smallest absolute Gasteiger partial charge is 0.251 e. The Morgan fingerprint density at radius 2 is 2.00 bits per heavy atom. The van der Waals surface area contributed by atoms with Crippen molar-refractivity contribution in [3.8, 4) is 0 Å². The number of carbonyl (C=O) groups is 1. The highest BCUT2D eigenvalue weighted by Gasteiger charge is 2.14.